The second-order valence-electron chi connectivity index (χ2n) is 0. The number of rotatable bonds is 0. The van der Waals surface area contributed by atoms with Gasteiger partial charge >= 0.3 is 78.4 Å². The summed E-state index contributed by atoms with van der Waals surface area (Å²) in [6, 6.07) is 0. The normalized spacial score (nSPS) is 1.20. The first-order chi connectivity index (χ1) is 1.00. The fraction of sp³-hybridized carbons (Fsp3) is 0. The standard InChI is InChI=1S/Ba.BrF.Gd.Na.3H/c;1-2;;;;;. The maximum atomic E-state index is 9.31. The van der Waals surface area contributed by atoms with Gasteiger partial charge in [-0.1, -0.05) is 0 Å². The van der Waals surface area contributed by atoms with Crippen molar-refractivity contribution >= 4 is 94.8 Å². The van der Waals surface area contributed by atoms with Crippen LogP contribution in [0.2, 0.25) is 0 Å². The van der Waals surface area contributed by atoms with E-state index >= 15 is 0 Å². The van der Waals surface area contributed by atoms with Gasteiger partial charge in [0.25, 0.3) is 0 Å². The van der Waals surface area contributed by atoms with Crippen LogP contribution < -0.4 is 0 Å². The van der Waals surface area contributed by atoms with Gasteiger partial charge in [0.2, 0.25) is 0 Å². The molecule has 0 aliphatic rings. The van der Waals surface area contributed by atoms with Gasteiger partial charge in [-0.2, -0.15) is 3.56 Å². The third kappa shape index (κ3) is 17.8. The molecule has 0 aromatic heterocycles. The van der Waals surface area contributed by atoms with Crippen LogP contribution in [0.15, 0.2) is 0 Å². The van der Waals surface area contributed by atoms with Crippen LogP contribution in [0.25, 0.3) is 0 Å². The van der Waals surface area contributed by atoms with E-state index in [4.69, 9.17) is 0 Å². The summed E-state index contributed by atoms with van der Waals surface area (Å²) < 4.78 is 9.31. The van der Waals surface area contributed by atoms with Crippen LogP contribution >= 0.6 is 16.4 Å². The zero-order valence-electron chi connectivity index (χ0n) is 1.11. The molecule has 0 aliphatic carbocycles. The predicted molar refractivity (Wildman–Crippen MR) is 25.7 cm³/mol. The first kappa shape index (κ1) is 22.8. The first-order valence-corrected chi connectivity index (χ1v) is 0.742. The molecule has 0 bridgehead atoms. The molecular formula is H3BaBrFGdNa. The Morgan fingerprint density at radius 2 is 1.20 bits per heavy atom. The Labute approximate surface area is 134 Å². The Bertz CT molecular complexity index is 11.6. The zero-order chi connectivity index (χ0) is 2.00. The molecule has 0 N–H and O–H groups in total. The van der Waals surface area contributed by atoms with Gasteiger partial charge in [0.1, 0.15) is 0 Å². The Kier molecular flexibility index (Phi) is 109. The van der Waals surface area contributed by atoms with Gasteiger partial charge in [0.05, 0.1) is 0 Å². The minimum absolute atomic E-state index is 0. The molecule has 0 unspecified atom stereocenters. The summed E-state index contributed by atoms with van der Waals surface area (Å²) in [4.78, 5) is 0. The number of halogens is 2. The molecule has 5 heteroatoms. The molecule has 0 atom stereocenters. The van der Waals surface area contributed by atoms with E-state index in [1.54, 1.807) is 0 Å². The SMILES string of the molecule is FBr.[BaH2].[Gd].[NaH]. The maximum absolute atomic E-state index is 9.31. The number of hydrogen-bond acceptors (Lipinski definition) is 0. The molecule has 0 nitrogen and oxygen atoms in total. The van der Waals surface area contributed by atoms with Crippen LogP contribution in [-0.2, 0) is 0 Å². The third-order valence-corrected chi connectivity index (χ3v) is 0. The molecule has 0 radical (unpaired) electrons. The van der Waals surface area contributed by atoms with Crippen molar-refractivity contribution in [1.29, 1.82) is 0 Å². The Hall–Kier alpha value is 4.31. The summed E-state index contributed by atoms with van der Waals surface area (Å²) in [5.74, 6) is 0. The van der Waals surface area contributed by atoms with E-state index in [1.165, 1.54) is 16.4 Å². The summed E-state index contributed by atoms with van der Waals surface area (Å²) in [5.41, 5.74) is 0. The van der Waals surface area contributed by atoms with E-state index < -0.39 is 0 Å². The van der Waals surface area contributed by atoms with E-state index in [0.29, 0.717) is 0 Å². The van der Waals surface area contributed by atoms with Crippen molar-refractivity contribution in [2.24, 2.45) is 0 Å². The molecule has 0 saturated carbocycles. The fourth-order valence-corrected chi connectivity index (χ4v) is 0. The Balaban J connectivity index is -0.00000000167. The summed E-state index contributed by atoms with van der Waals surface area (Å²) in [6.45, 7) is 0. The van der Waals surface area contributed by atoms with Crippen molar-refractivity contribution in [2.75, 3.05) is 0 Å². The molecule has 28 valence electrons. The van der Waals surface area contributed by atoms with Crippen LogP contribution in [0.1, 0.15) is 0 Å². The second-order valence-corrected chi connectivity index (χ2v) is 0. The molecule has 0 heterocycles. The van der Waals surface area contributed by atoms with Crippen molar-refractivity contribution in [2.45, 2.75) is 0 Å². The summed E-state index contributed by atoms with van der Waals surface area (Å²) in [6.07, 6.45) is 0. The average Bonchev–Trinajstić information content (AvgIpc) is 1.00. The molecule has 5 heavy (non-hydrogen) atoms. The van der Waals surface area contributed by atoms with Crippen LogP contribution in [0.4, 0.5) is 3.56 Å². The van der Waals surface area contributed by atoms with E-state index in [0.717, 1.165) is 0 Å². The summed E-state index contributed by atoms with van der Waals surface area (Å²) >= 11 is 1.44. The molecule has 0 aromatic rings. The van der Waals surface area contributed by atoms with Gasteiger partial charge in [0, 0.05) is 39.9 Å². The quantitative estimate of drug-likeness (QED) is 0.473. The predicted octanol–water partition coefficient (Wildman–Crippen LogP) is -0.299. The molecule has 0 aromatic carbocycles. The van der Waals surface area contributed by atoms with Crippen LogP contribution in [0.3, 0.4) is 0 Å². The zero-order valence-corrected chi connectivity index (χ0v) is 4.96. The second kappa shape index (κ2) is 23.9. The van der Waals surface area contributed by atoms with Gasteiger partial charge in [0.15, 0.2) is 16.4 Å². The molecule has 0 aliphatic heterocycles. The topological polar surface area (TPSA) is 0 Å². The van der Waals surface area contributed by atoms with Crippen LogP contribution in [0.5, 0.6) is 0 Å². The molecule has 0 saturated heterocycles. The van der Waals surface area contributed by atoms with Gasteiger partial charge in [-0.05, 0) is 0 Å². The first-order valence-electron chi connectivity index (χ1n) is 0.143. The van der Waals surface area contributed by atoms with Gasteiger partial charge in [-0.15, -0.1) is 0 Å². The molecule has 0 fully saturated rings. The summed E-state index contributed by atoms with van der Waals surface area (Å²) in [7, 11) is 0. The van der Waals surface area contributed by atoms with Gasteiger partial charge in [-0.3, -0.25) is 0 Å². The van der Waals surface area contributed by atoms with Crippen molar-refractivity contribution in [3.05, 3.63) is 0 Å². The number of hydrogen-bond donors (Lipinski definition) is 0. The summed E-state index contributed by atoms with van der Waals surface area (Å²) in [5, 5.41) is 0. The van der Waals surface area contributed by atoms with Gasteiger partial charge in [-0.25, -0.2) is 0 Å². The van der Waals surface area contributed by atoms with Crippen LogP contribution in [0, 0.1) is 39.9 Å². The molecule has 0 spiro atoms. The van der Waals surface area contributed by atoms with Crippen LogP contribution in [-0.4, -0.2) is 78.4 Å². The third-order valence-electron chi connectivity index (χ3n) is 0. The van der Waals surface area contributed by atoms with E-state index in [2.05, 4.69) is 0 Å². The van der Waals surface area contributed by atoms with Crippen molar-refractivity contribution in [3.8, 4) is 0 Å². The molecule has 0 amide bonds. The van der Waals surface area contributed by atoms with E-state index in [1.807, 2.05) is 0 Å². The van der Waals surface area contributed by atoms with E-state index in [9.17, 15) is 3.56 Å². The van der Waals surface area contributed by atoms with E-state index in [-0.39, 0.29) is 118 Å². The Morgan fingerprint density at radius 1 is 1.20 bits per heavy atom. The van der Waals surface area contributed by atoms with Crippen molar-refractivity contribution in [3.63, 3.8) is 0 Å². The van der Waals surface area contributed by atoms with Crippen molar-refractivity contribution < 1.29 is 43.5 Å². The Morgan fingerprint density at radius 3 is 1.20 bits per heavy atom. The molecular weight excluding hydrogens is 416 g/mol. The van der Waals surface area contributed by atoms with Gasteiger partial charge < -0.3 is 0 Å². The average molecular weight is 419 g/mol. The molecule has 0 rings (SSSR count). The monoisotopic (exact) mass is 420 g/mol. The van der Waals surface area contributed by atoms with Crippen molar-refractivity contribution in [1.82, 2.24) is 0 Å². The fourth-order valence-electron chi connectivity index (χ4n) is 0. The minimum atomic E-state index is 0.